The van der Waals surface area contributed by atoms with Gasteiger partial charge in [0.2, 0.25) is 59.1 Å². The van der Waals surface area contributed by atoms with Gasteiger partial charge in [-0.15, -0.1) is 0 Å². The lowest BCUT2D eigenvalue weighted by molar-refractivity contribution is -0.145. The summed E-state index contributed by atoms with van der Waals surface area (Å²) < 4.78 is 0. The van der Waals surface area contributed by atoms with E-state index in [1.165, 1.54) is 18.7 Å². The number of carbonyl (C=O) groups is 12. The number of hydrogen-bond donors (Lipinski definition) is 19. The Labute approximate surface area is 542 Å². The van der Waals surface area contributed by atoms with Crippen LogP contribution in [-0.4, -0.2) is 200 Å². The maximum Gasteiger partial charge on any atom is 0.328 e. The molecule has 514 valence electrons. The average Bonchev–Trinajstić information content (AvgIpc) is 1.77. The van der Waals surface area contributed by atoms with E-state index in [0.717, 1.165) is 6.92 Å². The van der Waals surface area contributed by atoms with Crippen molar-refractivity contribution in [2.75, 3.05) is 25.1 Å². The number of rotatable bonds is 43. The molecule has 0 fully saturated rings. The van der Waals surface area contributed by atoms with Gasteiger partial charge in [-0.2, -0.15) is 11.8 Å². The molecule has 2 aromatic carbocycles. The zero-order chi connectivity index (χ0) is 69.5. The van der Waals surface area contributed by atoms with Crippen LogP contribution in [0.25, 0.3) is 10.9 Å². The van der Waals surface area contributed by atoms with Crippen LogP contribution in [0, 0.1) is 5.92 Å². The van der Waals surface area contributed by atoms with Crippen LogP contribution < -0.4 is 76.5 Å². The molecule has 0 saturated carbocycles. The number of carboxylic acid groups (broad SMARTS) is 2. The van der Waals surface area contributed by atoms with Crippen molar-refractivity contribution in [2.24, 2.45) is 39.6 Å². The van der Waals surface area contributed by atoms with Crippen molar-refractivity contribution in [1.29, 1.82) is 0 Å². The normalized spacial score (nSPS) is 15.1. The van der Waals surface area contributed by atoms with Crippen LogP contribution in [0.2, 0.25) is 0 Å². The molecule has 0 radical (unpaired) electrons. The Hall–Kier alpha value is -8.92. The number of hydrogen-bond acceptors (Lipinski definition) is 18. The Morgan fingerprint density at radius 3 is 1.57 bits per heavy atom. The fraction of sp³-hybridized carbons (Fsp3) is 0.550. The maximum atomic E-state index is 15.0. The second-order valence-corrected chi connectivity index (χ2v) is 23.8. The molecular weight excluding hydrogens is 1230 g/mol. The highest BCUT2D eigenvalue weighted by molar-refractivity contribution is 7.98. The summed E-state index contributed by atoms with van der Waals surface area (Å²) in [7, 11) is 0. The number of carbonyl (C=O) groups excluding carboxylic acids is 10. The number of guanidine groups is 1. The number of amides is 10. The van der Waals surface area contributed by atoms with Gasteiger partial charge in [-0.25, -0.2) is 4.79 Å². The third-order valence-electron chi connectivity index (χ3n) is 14.5. The number of unbranched alkanes of at least 4 members (excludes halogenated alkanes) is 1. The highest BCUT2D eigenvalue weighted by atomic mass is 32.2. The van der Waals surface area contributed by atoms with Crippen molar-refractivity contribution < 1.29 is 78.0 Å². The molecule has 0 unspecified atom stereocenters. The molecule has 0 spiro atoms. The molecule has 0 aliphatic heterocycles. The molecule has 0 aliphatic carbocycles. The molecule has 3 aromatic rings. The molecule has 10 amide bonds. The van der Waals surface area contributed by atoms with Crippen molar-refractivity contribution in [1.82, 2.24) is 52.8 Å². The summed E-state index contributed by atoms with van der Waals surface area (Å²) in [6.45, 7) is 5.96. The van der Waals surface area contributed by atoms with Gasteiger partial charge in [0.15, 0.2) is 12.0 Å². The molecule has 0 bridgehead atoms. The monoisotopic (exact) mass is 1320 g/mol. The Balaban J connectivity index is 2.08. The van der Waals surface area contributed by atoms with Gasteiger partial charge >= 0.3 is 11.9 Å². The molecule has 93 heavy (non-hydrogen) atoms. The highest BCUT2D eigenvalue weighted by Gasteiger charge is 2.38. The minimum absolute atomic E-state index is 0.00488. The molecule has 0 aliphatic rings. The number of aromatic amines is 1. The number of thioether (sulfide) groups is 1. The van der Waals surface area contributed by atoms with Crippen LogP contribution in [-0.2, 0) is 70.4 Å². The van der Waals surface area contributed by atoms with Crippen LogP contribution >= 0.6 is 11.8 Å². The van der Waals surface area contributed by atoms with Crippen LogP contribution in [0.3, 0.4) is 0 Å². The lowest BCUT2D eigenvalue weighted by Crippen LogP contribution is -2.62. The lowest BCUT2D eigenvalue weighted by Gasteiger charge is -2.29. The van der Waals surface area contributed by atoms with E-state index in [2.05, 4.69) is 57.8 Å². The van der Waals surface area contributed by atoms with E-state index < -0.39 is 163 Å². The number of benzene rings is 2. The molecule has 3 rings (SSSR count). The molecule has 1 aromatic heterocycles. The van der Waals surface area contributed by atoms with E-state index in [1.54, 1.807) is 74.6 Å². The van der Waals surface area contributed by atoms with E-state index in [-0.39, 0.29) is 76.3 Å². The van der Waals surface area contributed by atoms with Gasteiger partial charge in [0.05, 0.1) is 24.7 Å². The maximum absolute atomic E-state index is 15.0. The summed E-state index contributed by atoms with van der Waals surface area (Å²) >= 11 is 1.45. The molecule has 33 heteroatoms. The predicted molar refractivity (Wildman–Crippen MR) is 344 cm³/mol. The molecular formula is C60H92N16O16S. The summed E-state index contributed by atoms with van der Waals surface area (Å²) in [5.74, 6) is -13.2. The SMILES string of the molecule is CSCC[C@H](N)C(=O)N[C@H](C(=O)N[C@@H](CC(C)C)C(=O)N[C@@H](Cc1c[nH]c2ccccc12)C(=O)N[C@@H](Cc1ccccc1)C(=O)N[C@@H](CC(N)=O)C(=O)N[C@@H](CCCN=C(N)N)C(=O)N[C@@H](CCC(=O)O)C(=O)N[C@@H](CCCCN)C(=O)N[C@H](C(=O)O)[C@@H](C)O)[C@@H](C)O. The molecule has 12 atom stereocenters. The number of primary amides is 1. The predicted octanol–water partition coefficient (Wildman–Crippen LogP) is -3.79. The fourth-order valence-electron chi connectivity index (χ4n) is 9.55. The standard InChI is InChI=1S/C60H92N16O16S/c1-31(2)26-42(74-58(90)48(32(3)77)75-50(82)37(62)22-25-93-5)54(86)72-44(28-35-30-67-38-17-10-9-16-36(35)38)56(88)71-43(27-34-14-7-6-8-15-34)55(87)73-45(29-46(63)79)57(89)69-40(19-13-24-66-60(64)65)51(83)70-41(20-21-47(80)81)52(84)68-39(18-11-12-23-61)53(85)76-49(33(4)78)59(91)92/h6-10,14-17,30-33,37,39-45,48-49,67,77-78H,11-13,18-29,61-62H2,1-5H3,(H2,63,79)(H,68,84)(H,69,89)(H,70,83)(H,71,88)(H,72,86)(H,73,87)(H,74,90)(H,75,82)(H,76,85)(H,80,81)(H,91,92)(H4,64,65,66)/t32-,33-,37+,39+,40+,41+,42+,43+,44+,45+,48+,49+/m1/s1. The topological polar surface area (TPSA) is 552 Å². The zero-order valence-electron chi connectivity index (χ0n) is 52.8. The van der Waals surface area contributed by atoms with E-state index >= 15 is 0 Å². The summed E-state index contributed by atoms with van der Waals surface area (Å²) in [6.07, 6.45) is -1.97. The number of aliphatic hydroxyl groups is 2. The van der Waals surface area contributed by atoms with Gasteiger partial charge in [0, 0.05) is 42.9 Å². The van der Waals surface area contributed by atoms with Crippen molar-refractivity contribution >= 4 is 99.6 Å². The third kappa shape index (κ3) is 27.8. The van der Waals surface area contributed by atoms with Gasteiger partial charge < -0.3 is 102 Å². The van der Waals surface area contributed by atoms with Gasteiger partial charge in [0.1, 0.15) is 48.3 Å². The molecule has 0 saturated heterocycles. The number of fused-ring (bicyclic) bond motifs is 1. The van der Waals surface area contributed by atoms with Crippen LogP contribution in [0.5, 0.6) is 0 Å². The largest absolute Gasteiger partial charge is 0.481 e. The lowest BCUT2D eigenvalue weighted by atomic mass is 9.99. The van der Waals surface area contributed by atoms with E-state index in [9.17, 15) is 78.0 Å². The number of para-hydroxylation sites is 1. The van der Waals surface area contributed by atoms with Crippen molar-refractivity contribution in [3.63, 3.8) is 0 Å². The number of H-pyrrole nitrogens is 1. The zero-order valence-corrected chi connectivity index (χ0v) is 53.6. The Morgan fingerprint density at radius 2 is 1.03 bits per heavy atom. The van der Waals surface area contributed by atoms with Crippen LogP contribution in [0.4, 0.5) is 0 Å². The van der Waals surface area contributed by atoms with Gasteiger partial charge in [-0.05, 0) is 107 Å². The summed E-state index contributed by atoms with van der Waals surface area (Å²) in [5, 5.41) is 63.0. The fourth-order valence-corrected chi connectivity index (χ4v) is 10.0. The van der Waals surface area contributed by atoms with Gasteiger partial charge in [-0.3, -0.25) is 57.7 Å². The second kappa shape index (κ2) is 40.1. The number of nitrogens with two attached hydrogens (primary N) is 5. The number of nitrogens with one attached hydrogen (secondary N) is 10. The van der Waals surface area contributed by atoms with Crippen molar-refractivity contribution in [2.45, 2.75) is 177 Å². The highest BCUT2D eigenvalue weighted by Crippen LogP contribution is 2.20. The second-order valence-electron chi connectivity index (χ2n) is 22.8. The quantitative estimate of drug-likeness (QED) is 0.0147. The number of aliphatic carboxylic acids is 2. The molecule has 32 nitrogen and oxygen atoms in total. The molecule has 24 N–H and O–H groups in total. The average molecular weight is 1330 g/mol. The van der Waals surface area contributed by atoms with Crippen molar-refractivity contribution in [3.05, 3.63) is 71.9 Å². The number of aliphatic hydroxyl groups excluding tert-OH is 2. The summed E-state index contributed by atoms with van der Waals surface area (Å²) in [6, 6.07) is -0.422. The van der Waals surface area contributed by atoms with Crippen LogP contribution in [0.1, 0.15) is 103 Å². The number of aliphatic imine (C=N–C) groups is 1. The first-order valence-corrected chi connectivity index (χ1v) is 31.8. The minimum atomic E-state index is -1.91. The Kier molecular flexibility index (Phi) is 33.8. The number of aromatic nitrogens is 1. The van der Waals surface area contributed by atoms with Crippen molar-refractivity contribution in [3.8, 4) is 0 Å². The van der Waals surface area contributed by atoms with E-state index in [1.807, 2.05) is 6.26 Å². The first-order chi connectivity index (χ1) is 44.0. The van der Waals surface area contributed by atoms with E-state index in [0.29, 0.717) is 34.2 Å². The number of nitrogens with zero attached hydrogens (tertiary/aromatic N) is 1. The Morgan fingerprint density at radius 1 is 0.548 bits per heavy atom. The molecule has 1 heterocycles. The summed E-state index contributed by atoms with van der Waals surface area (Å²) in [5.41, 5.74) is 30.1. The number of carboxylic acids is 2. The Bertz CT molecular complexity index is 3040. The van der Waals surface area contributed by atoms with Crippen LogP contribution in [0.15, 0.2) is 65.8 Å². The smallest absolute Gasteiger partial charge is 0.328 e. The van der Waals surface area contributed by atoms with E-state index in [4.69, 9.17) is 28.7 Å². The van der Waals surface area contributed by atoms with Gasteiger partial charge in [0.25, 0.3) is 0 Å². The van der Waals surface area contributed by atoms with Gasteiger partial charge in [-0.1, -0.05) is 62.4 Å². The first kappa shape index (κ1) is 78.3. The minimum Gasteiger partial charge on any atom is -0.481 e. The first-order valence-electron chi connectivity index (χ1n) is 30.4. The third-order valence-corrected chi connectivity index (χ3v) is 15.2. The summed E-state index contributed by atoms with van der Waals surface area (Å²) in [4.78, 5) is 171.